The van der Waals surface area contributed by atoms with E-state index in [1.165, 1.54) is 12.0 Å². The number of likely N-dealkylation sites (tertiary alicyclic amines) is 1. The average Bonchev–Trinajstić information content (AvgIpc) is 2.60. The van der Waals surface area contributed by atoms with Crippen LogP contribution in [0.1, 0.15) is 12.0 Å². The van der Waals surface area contributed by atoms with E-state index in [1.54, 1.807) is 7.11 Å². The summed E-state index contributed by atoms with van der Waals surface area (Å²) in [6.45, 7) is 4.29. The van der Waals surface area contributed by atoms with Crippen LogP contribution < -0.4 is 9.64 Å². The summed E-state index contributed by atoms with van der Waals surface area (Å²) >= 11 is 0. The molecule has 2 aliphatic rings. The zero-order chi connectivity index (χ0) is 15.6. The van der Waals surface area contributed by atoms with Gasteiger partial charge in [-0.3, -0.25) is 4.90 Å². The molecule has 1 aromatic carbocycles. The highest BCUT2D eigenvalue weighted by Gasteiger charge is 2.42. The van der Waals surface area contributed by atoms with Gasteiger partial charge < -0.3 is 9.64 Å². The van der Waals surface area contributed by atoms with Crippen LogP contribution in [-0.2, 0) is 6.54 Å². The van der Waals surface area contributed by atoms with Gasteiger partial charge >= 0.3 is 0 Å². The maximum Gasteiger partial charge on any atom is 0.225 e. The second-order valence-corrected chi connectivity index (χ2v) is 6.39. The Balaban J connectivity index is 1.36. The Morgan fingerprint density at radius 3 is 2.83 bits per heavy atom. The van der Waals surface area contributed by atoms with Gasteiger partial charge in [0.2, 0.25) is 5.95 Å². The molecule has 23 heavy (non-hydrogen) atoms. The van der Waals surface area contributed by atoms with Gasteiger partial charge in [-0.1, -0.05) is 12.1 Å². The van der Waals surface area contributed by atoms with Crippen molar-refractivity contribution in [1.29, 1.82) is 0 Å². The van der Waals surface area contributed by atoms with E-state index in [4.69, 9.17) is 4.74 Å². The molecule has 120 valence electrons. The molecule has 4 rings (SSSR count). The summed E-state index contributed by atoms with van der Waals surface area (Å²) in [5, 5.41) is 0. The van der Waals surface area contributed by atoms with Crippen molar-refractivity contribution in [2.45, 2.75) is 19.0 Å². The van der Waals surface area contributed by atoms with Gasteiger partial charge in [-0.2, -0.15) is 0 Å². The normalized spacial score (nSPS) is 24.0. The molecule has 5 heteroatoms. The zero-order valence-electron chi connectivity index (χ0n) is 13.4. The number of methoxy groups -OCH3 is 1. The first-order valence-electron chi connectivity index (χ1n) is 8.22. The molecule has 2 fully saturated rings. The summed E-state index contributed by atoms with van der Waals surface area (Å²) in [7, 11) is 1.72. The number of piperidine rings is 1. The van der Waals surface area contributed by atoms with Gasteiger partial charge in [0.25, 0.3) is 0 Å². The standard InChI is InChI=1S/C18H22N4O/c1-23-16-5-2-4-14(10-16)11-22-13-15-12-21(9-6-17(15)22)18-19-7-3-8-20-18/h2-5,7-8,10,15,17H,6,9,11-13H2,1H3/t15-,17-/m1/s1. The van der Waals surface area contributed by atoms with Gasteiger partial charge in [-0.05, 0) is 30.2 Å². The highest BCUT2D eigenvalue weighted by molar-refractivity contribution is 5.32. The Morgan fingerprint density at radius 2 is 2.04 bits per heavy atom. The molecule has 0 bridgehead atoms. The van der Waals surface area contributed by atoms with E-state index in [2.05, 4.69) is 38.0 Å². The smallest absolute Gasteiger partial charge is 0.225 e. The first-order chi connectivity index (χ1) is 11.3. The van der Waals surface area contributed by atoms with Crippen LogP contribution in [0.4, 0.5) is 5.95 Å². The first-order valence-corrected chi connectivity index (χ1v) is 8.22. The van der Waals surface area contributed by atoms with E-state index in [0.29, 0.717) is 6.04 Å². The fraction of sp³-hybridized carbons (Fsp3) is 0.444. The largest absolute Gasteiger partial charge is 0.497 e. The third-order valence-corrected chi connectivity index (χ3v) is 4.99. The number of fused-ring (bicyclic) bond motifs is 1. The van der Waals surface area contributed by atoms with Gasteiger partial charge in [0.15, 0.2) is 0 Å². The molecule has 0 unspecified atom stereocenters. The van der Waals surface area contributed by atoms with E-state index >= 15 is 0 Å². The third-order valence-electron chi connectivity index (χ3n) is 4.99. The van der Waals surface area contributed by atoms with Crippen LogP contribution in [0.2, 0.25) is 0 Å². The van der Waals surface area contributed by atoms with Crippen molar-refractivity contribution in [2.24, 2.45) is 5.92 Å². The molecule has 3 heterocycles. The monoisotopic (exact) mass is 310 g/mol. The molecule has 0 N–H and O–H groups in total. The maximum absolute atomic E-state index is 5.32. The van der Waals surface area contributed by atoms with Crippen molar-refractivity contribution in [3.63, 3.8) is 0 Å². The number of nitrogens with zero attached hydrogens (tertiary/aromatic N) is 4. The molecular formula is C18H22N4O. The highest BCUT2D eigenvalue weighted by atomic mass is 16.5. The Morgan fingerprint density at radius 1 is 1.17 bits per heavy atom. The lowest BCUT2D eigenvalue weighted by Gasteiger charge is -2.53. The summed E-state index contributed by atoms with van der Waals surface area (Å²) in [5.41, 5.74) is 1.33. The highest BCUT2D eigenvalue weighted by Crippen LogP contribution is 2.34. The lowest BCUT2D eigenvalue weighted by atomic mass is 9.82. The molecule has 1 aromatic heterocycles. The van der Waals surface area contributed by atoms with Gasteiger partial charge in [0.1, 0.15) is 5.75 Å². The number of hydrogen-bond donors (Lipinski definition) is 0. The number of anilines is 1. The topological polar surface area (TPSA) is 41.5 Å². The average molecular weight is 310 g/mol. The summed E-state index contributed by atoms with van der Waals surface area (Å²) < 4.78 is 5.32. The Labute approximate surface area is 136 Å². The zero-order valence-corrected chi connectivity index (χ0v) is 13.4. The van der Waals surface area contributed by atoms with Crippen molar-refractivity contribution in [3.05, 3.63) is 48.3 Å². The molecule has 2 aliphatic heterocycles. The van der Waals surface area contributed by atoms with E-state index in [9.17, 15) is 0 Å². The van der Waals surface area contributed by atoms with Crippen LogP contribution in [-0.4, -0.2) is 47.7 Å². The summed E-state index contributed by atoms with van der Waals surface area (Å²) in [6, 6.07) is 11.0. The molecule has 2 aromatic rings. The number of benzene rings is 1. The predicted octanol–water partition coefficient (Wildman–Crippen LogP) is 2.20. The first kappa shape index (κ1) is 14.5. The SMILES string of the molecule is COc1cccc(CN2C[C@H]3CN(c4ncccn4)CC[C@H]32)c1. The molecule has 2 atom stereocenters. The van der Waals surface area contributed by atoms with Crippen LogP contribution in [0.3, 0.4) is 0 Å². The molecule has 0 aliphatic carbocycles. The minimum Gasteiger partial charge on any atom is -0.497 e. The predicted molar refractivity (Wildman–Crippen MR) is 89.5 cm³/mol. The van der Waals surface area contributed by atoms with Crippen molar-refractivity contribution in [2.75, 3.05) is 31.6 Å². The molecular weight excluding hydrogens is 288 g/mol. The fourth-order valence-corrected chi connectivity index (χ4v) is 3.80. The molecule has 0 amide bonds. The second kappa shape index (κ2) is 6.16. The van der Waals surface area contributed by atoms with Crippen LogP contribution in [0, 0.1) is 5.92 Å². The minimum atomic E-state index is 0.696. The fourth-order valence-electron chi connectivity index (χ4n) is 3.80. The van der Waals surface area contributed by atoms with E-state index in [1.807, 2.05) is 24.5 Å². The summed E-state index contributed by atoms with van der Waals surface area (Å²) in [6.07, 6.45) is 4.83. The van der Waals surface area contributed by atoms with Crippen LogP contribution >= 0.6 is 0 Å². The molecule has 0 spiro atoms. The Hall–Kier alpha value is -2.14. The number of aromatic nitrogens is 2. The Kier molecular flexibility index (Phi) is 3.87. The van der Waals surface area contributed by atoms with Gasteiger partial charge in [0, 0.05) is 50.5 Å². The van der Waals surface area contributed by atoms with Gasteiger partial charge in [0.05, 0.1) is 7.11 Å². The molecule has 5 nitrogen and oxygen atoms in total. The van der Waals surface area contributed by atoms with Crippen LogP contribution in [0.15, 0.2) is 42.7 Å². The van der Waals surface area contributed by atoms with E-state index in [-0.39, 0.29) is 0 Å². The molecule has 2 saturated heterocycles. The van der Waals surface area contributed by atoms with Crippen molar-refractivity contribution >= 4 is 5.95 Å². The lowest BCUT2D eigenvalue weighted by molar-refractivity contribution is -0.00519. The number of ether oxygens (including phenoxy) is 1. The van der Waals surface area contributed by atoms with Crippen molar-refractivity contribution < 1.29 is 4.74 Å². The minimum absolute atomic E-state index is 0.696. The number of hydrogen-bond acceptors (Lipinski definition) is 5. The van der Waals surface area contributed by atoms with E-state index in [0.717, 1.165) is 43.8 Å². The van der Waals surface area contributed by atoms with Crippen molar-refractivity contribution in [3.8, 4) is 5.75 Å². The van der Waals surface area contributed by atoms with Crippen LogP contribution in [0.5, 0.6) is 5.75 Å². The van der Waals surface area contributed by atoms with E-state index < -0.39 is 0 Å². The maximum atomic E-state index is 5.32. The van der Waals surface area contributed by atoms with Crippen LogP contribution in [0.25, 0.3) is 0 Å². The Bertz CT molecular complexity index is 663. The van der Waals surface area contributed by atoms with Gasteiger partial charge in [-0.25, -0.2) is 9.97 Å². The second-order valence-electron chi connectivity index (χ2n) is 6.39. The lowest BCUT2D eigenvalue weighted by Crippen LogP contribution is -2.63. The molecule has 0 radical (unpaired) electrons. The summed E-state index contributed by atoms with van der Waals surface area (Å²) in [4.78, 5) is 13.7. The van der Waals surface area contributed by atoms with Crippen molar-refractivity contribution in [1.82, 2.24) is 14.9 Å². The third kappa shape index (κ3) is 2.88. The van der Waals surface area contributed by atoms with Gasteiger partial charge in [-0.15, -0.1) is 0 Å². The molecule has 0 saturated carbocycles. The number of rotatable bonds is 4. The quantitative estimate of drug-likeness (QED) is 0.866. The summed E-state index contributed by atoms with van der Waals surface area (Å²) in [5.74, 6) is 2.55.